The summed E-state index contributed by atoms with van der Waals surface area (Å²) in [6, 6.07) is 12.3. The number of hydrogen-bond donors (Lipinski definition) is 1. The Bertz CT molecular complexity index is 722. The van der Waals surface area contributed by atoms with Crippen molar-refractivity contribution in [2.75, 3.05) is 6.54 Å². The van der Waals surface area contributed by atoms with E-state index in [9.17, 15) is 0 Å². The molecule has 0 saturated heterocycles. The molecule has 0 unspecified atom stereocenters. The molecule has 0 radical (unpaired) electrons. The van der Waals surface area contributed by atoms with E-state index >= 15 is 0 Å². The molecule has 1 N–H and O–H groups in total. The Morgan fingerprint density at radius 3 is 2.65 bits per heavy atom. The first-order valence-electron chi connectivity index (χ1n) is 7.86. The molecule has 2 aromatic heterocycles. The van der Waals surface area contributed by atoms with Gasteiger partial charge in [0.15, 0.2) is 5.82 Å². The van der Waals surface area contributed by atoms with Crippen LogP contribution in [0.25, 0.3) is 11.5 Å². The summed E-state index contributed by atoms with van der Waals surface area (Å²) in [5.41, 5.74) is 3.44. The van der Waals surface area contributed by atoms with Crippen LogP contribution in [-0.2, 0) is 19.4 Å². The fraction of sp³-hybridized carbons (Fsp3) is 0.278. The second-order valence-corrected chi connectivity index (χ2v) is 5.35. The highest BCUT2D eigenvalue weighted by Crippen LogP contribution is 2.18. The van der Waals surface area contributed by atoms with Gasteiger partial charge >= 0.3 is 0 Å². The van der Waals surface area contributed by atoms with Gasteiger partial charge in [-0.1, -0.05) is 30.3 Å². The van der Waals surface area contributed by atoms with E-state index in [-0.39, 0.29) is 0 Å². The molecule has 0 aliphatic heterocycles. The minimum Gasteiger partial charge on any atom is -0.334 e. The lowest BCUT2D eigenvalue weighted by Gasteiger charge is -2.05. The van der Waals surface area contributed by atoms with Crippen LogP contribution in [0.2, 0.25) is 0 Å². The Balaban J connectivity index is 1.49. The monoisotopic (exact) mass is 308 g/mol. The summed E-state index contributed by atoms with van der Waals surface area (Å²) in [4.78, 5) is 8.45. The zero-order chi connectivity index (χ0) is 15.9. The molecular formula is C18H20N4O. The second kappa shape index (κ2) is 7.65. The summed E-state index contributed by atoms with van der Waals surface area (Å²) in [6.45, 7) is 3.78. The summed E-state index contributed by atoms with van der Waals surface area (Å²) < 4.78 is 5.25. The molecule has 0 fully saturated rings. The SMILES string of the molecule is CCc1noc(-c2ccc(CCNCc3cccnc3)cc2)n1. The predicted octanol–water partition coefficient (Wildman–Crippen LogP) is 3.03. The lowest BCUT2D eigenvalue weighted by atomic mass is 10.1. The van der Waals surface area contributed by atoms with E-state index in [0.717, 1.165) is 37.3 Å². The first-order valence-corrected chi connectivity index (χ1v) is 7.86. The van der Waals surface area contributed by atoms with Gasteiger partial charge in [-0.15, -0.1) is 0 Å². The third kappa shape index (κ3) is 4.23. The highest BCUT2D eigenvalue weighted by atomic mass is 16.5. The summed E-state index contributed by atoms with van der Waals surface area (Å²) in [7, 11) is 0. The average molecular weight is 308 g/mol. The van der Waals surface area contributed by atoms with Gasteiger partial charge in [-0.3, -0.25) is 4.98 Å². The van der Waals surface area contributed by atoms with Crippen LogP contribution in [0, 0.1) is 0 Å². The molecule has 0 spiro atoms. The van der Waals surface area contributed by atoms with Crippen LogP contribution in [0.1, 0.15) is 23.9 Å². The van der Waals surface area contributed by atoms with Crippen molar-refractivity contribution >= 4 is 0 Å². The van der Waals surface area contributed by atoms with Gasteiger partial charge in [0.2, 0.25) is 0 Å². The summed E-state index contributed by atoms with van der Waals surface area (Å²) in [6.07, 6.45) is 5.43. The molecule has 0 saturated carbocycles. The van der Waals surface area contributed by atoms with Gasteiger partial charge in [-0.05, 0) is 42.3 Å². The molecule has 5 nitrogen and oxygen atoms in total. The van der Waals surface area contributed by atoms with Crippen LogP contribution in [0.3, 0.4) is 0 Å². The molecule has 0 bridgehead atoms. The highest BCUT2D eigenvalue weighted by molar-refractivity contribution is 5.53. The normalized spacial score (nSPS) is 10.8. The van der Waals surface area contributed by atoms with Gasteiger partial charge in [0.1, 0.15) is 0 Å². The number of nitrogens with zero attached hydrogens (tertiary/aromatic N) is 3. The molecule has 1 aromatic carbocycles. The standard InChI is InChI=1S/C18H20N4O/c1-2-17-21-18(23-22-17)16-7-5-14(6-8-16)9-11-20-13-15-4-3-10-19-12-15/h3-8,10,12,20H,2,9,11,13H2,1H3. The molecule has 0 aliphatic rings. The molecule has 0 amide bonds. The van der Waals surface area contributed by atoms with Crippen molar-refractivity contribution in [2.24, 2.45) is 0 Å². The van der Waals surface area contributed by atoms with Crippen LogP contribution in [0.4, 0.5) is 0 Å². The molecule has 23 heavy (non-hydrogen) atoms. The van der Waals surface area contributed by atoms with Crippen LogP contribution in [0.5, 0.6) is 0 Å². The van der Waals surface area contributed by atoms with Crippen molar-refractivity contribution in [3.8, 4) is 11.5 Å². The lowest BCUT2D eigenvalue weighted by molar-refractivity contribution is 0.423. The van der Waals surface area contributed by atoms with Crippen molar-refractivity contribution in [3.63, 3.8) is 0 Å². The molecule has 3 rings (SSSR count). The van der Waals surface area contributed by atoms with Gasteiger partial charge in [-0.25, -0.2) is 0 Å². The first-order chi connectivity index (χ1) is 11.3. The Labute approximate surface area is 135 Å². The summed E-state index contributed by atoms with van der Waals surface area (Å²) >= 11 is 0. The zero-order valence-electron chi connectivity index (χ0n) is 13.2. The fourth-order valence-electron chi connectivity index (χ4n) is 2.30. The van der Waals surface area contributed by atoms with E-state index in [1.165, 1.54) is 11.1 Å². The van der Waals surface area contributed by atoms with Crippen LogP contribution in [-0.4, -0.2) is 21.7 Å². The maximum absolute atomic E-state index is 5.25. The maximum atomic E-state index is 5.25. The van der Waals surface area contributed by atoms with E-state index in [0.29, 0.717) is 5.89 Å². The van der Waals surface area contributed by atoms with Crippen LogP contribution >= 0.6 is 0 Å². The minimum absolute atomic E-state index is 0.586. The number of hydrogen-bond acceptors (Lipinski definition) is 5. The van der Waals surface area contributed by atoms with Gasteiger partial charge in [0, 0.05) is 30.9 Å². The van der Waals surface area contributed by atoms with E-state index in [4.69, 9.17) is 4.52 Å². The lowest BCUT2D eigenvalue weighted by Crippen LogP contribution is -2.16. The average Bonchev–Trinajstić information content (AvgIpc) is 3.09. The van der Waals surface area contributed by atoms with Crippen LogP contribution in [0.15, 0.2) is 53.3 Å². The third-order valence-corrected chi connectivity index (χ3v) is 3.63. The van der Waals surface area contributed by atoms with Gasteiger partial charge in [0.25, 0.3) is 5.89 Å². The first kappa shape index (κ1) is 15.4. The Morgan fingerprint density at radius 2 is 1.96 bits per heavy atom. The smallest absolute Gasteiger partial charge is 0.257 e. The Hall–Kier alpha value is -2.53. The highest BCUT2D eigenvalue weighted by Gasteiger charge is 2.07. The van der Waals surface area contributed by atoms with Crippen molar-refractivity contribution < 1.29 is 4.52 Å². The molecule has 0 atom stereocenters. The Kier molecular flexibility index (Phi) is 5.11. The summed E-state index contributed by atoms with van der Waals surface area (Å²) in [5.74, 6) is 1.33. The molecule has 118 valence electrons. The van der Waals surface area contributed by atoms with E-state index in [1.807, 2.05) is 31.3 Å². The maximum Gasteiger partial charge on any atom is 0.257 e. The van der Waals surface area contributed by atoms with Crippen molar-refractivity contribution in [2.45, 2.75) is 26.3 Å². The van der Waals surface area contributed by atoms with Gasteiger partial charge < -0.3 is 9.84 Å². The van der Waals surface area contributed by atoms with E-state index < -0.39 is 0 Å². The van der Waals surface area contributed by atoms with Crippen molar-refractivity contribution in [1.82, 2.24) is 20.4 Å². The van der Waals surface area contributed by atoms with Crippen LogP contribution < -0.4 is 5.32 Å². The molecule has 2 heterocycles. The molecule has 0 aliphatic carbocycles. The summed E-state index contributed by atoms with van der Waals surface area (Å²) in [5, 5.41) is 7.35. The minimum atomic E-state index is 0.586. The van der Waals surface area contributed by atoms with Crippen molar-refractivity contribution in [1.29, 1.82) is 0 Å². The van der Waals surface area contributed by atoms with Gasteiger partial charge in [-0.2, -0.15) is 4.98 Å². The number of aryl methyl sites for hydroxylation is 1. The number of nitrogens with one attached hydrogen (secondary N) is 1. The second-order valence-electron chi connectivity index (χ2n) is 5.35. The third-order valence-electron chi connectivity index (χ3n) is 3.63. The number of aromatic nitrogens is 3. The van der Waals surface area contributed by atoms with Crippen molar-refractivity contribution in [3.05, 3.63) is 65.7 Å². The van der Waals surface area contributed by atoms with E-state index in [1.54, 1.807) is 6.20 Å². The number of rotatable bonds is 7. The number of pyridine rings is 1. The predicted molar refractivity (Wildman–Crippen MR) is 88.8 cm³/mol. The largest absolute Gasteiger partial charge is 0.334 e. The Morgan fingerprint density at radius 1 is 1.09 bits per heavy atom. The number of benzene rings is 1. The zero-order valence-corrected chi connectivity index (χ0v) is 13.2. The molecular weight excluding hydrogens is 288 g/mol. The molecule has 5 heteroatoms. The fourth-order valence-corrected chi connectivity index (χ4v) is 2.30. The quantitative estimate of drug-likeness (QED) is 0.680. The van der Waals surface area contributed by atoms with E-state index in [2.05, 4.69) is 38.6 Å². The van der Waals surface area contributed by atoms with Gasteiger partial charge in [0.05, 0.1) is 0 Å². The topological polar surface area (TPSA) is 63.8 Å². The molecule has 3 aromatic rings.